The molecule has 1 unspecified atom stereocenters. The summed E-state index contributed by atoms with van der Waals surface area (Å²) in [7, 11) is 0. The van der Waals surface area contributed by atoms with Crippen molar-refractivity contribution >= 4 is 0 Å². The molecule has 0 radical (unpaired) electrons. The summed E-state index contributed by atoms with van der Waals surface area (Å²) in [6.07, 6.45) is -4.22. The van der Waals surface area contributed by atoms with Crippen LogP contribution in [0.3, 0.4) is 0 Å². The van der Waals surface area contributed by atoms with Gasteiger partial charge in [0.1, 0.15) is 6.04 Å². The Kier molecular flexibility index (Phi) is 3.12. The van der Waals surface area contributed by atoms with E-state index in [1.807, 2.05) is 6.07 Å². The van der Waals surface area contributed by atoms with Gasteiger partial charge < -0.3 is 5.32 Å². The molecule has 3 nitrogen and oxygen atoms in total. The number of nitrogens with zero attached hydrogens (tertiary/aromatic N) is 2. The van der Waals surface area contributed by atoms with Crippen molar-refractivity contribution in [2.45, 2.75) is 12.2 Å². The fourth-order valence-electron chi connectivity index (χ4n) is 1.29. The van der Waals surface area contributed by atoms with Crippen molar-refractivity contribution in [2.24, 2.45) is 0 Å². The summed E-state index contributed by atoms with van der Waals surface area (Å²) in [4.78, 5) is 1.15. The number of hydrogen-bond acceptors (Lipinski definition) is 3. The average Bonchev–Trinajstić information content (AvgIpc) is 2.02. The number of rotatable bonds is 1. The smallest absolute Gasteiger partial charge is 0.313 e. The van der Waals surface area contributed by atoms with E-state index in [0.717, 1.165) is 4.90 Å². The summed E-state index contributed by atoms with van der Waals surface area (Å²) in [5, 5.41) is 11.4. The molecule has 1 heterocycles. The van der Waals surface area contributed by atoms with Crippen LogP contribution in [0.25, 0.3) is 0 Å². The Morgan fingerprint density at radius 3 is 2.77 bits per heavy atom. The van der Waals surface area contributed by atoms with Crippen LogP contribution < -0.4 is 5.32 Å². The van der Waals surface area contributed by atoms with Gasteiger partial charge in [-0.1, -0.05) is 0 Å². The first-order valence-corrected chi connectivity index (χ1v) is 3.94. The van der Waals surface area contributed by atoms with Crippen molar-refractivity contribution in [2.75, 3.05) is 26.2 Å². The molecule has 0 bridgehead atoms. The molecule has 1 aliphatic rings. The molecule has 1 aliphatic heterocycles. The van der Waals surface area contributed by atoms with Crippen LogP contribution in [0.5, 0.6) is 0 Å². The second kappa shape index (κ2) is 3.94. The molecule has 1 N–H and O–H groups in total. The maximum absolute atomic E-state index is 12.0. The second-order valence-electron chi connectivity index (χ2n) is 2.93. The fraction of sp³-hybridized carbons (Fsp3) is 0.857. The third kappa shape index (κ3) is 3.20. The van der Waals surface area contributed by atoms with Gasteiger partial charge in [0.25, 0.3) is 0 Å². The quantitative estimate of drug-likeness (QED) is 0.653. The lowest BCUT2D eigenvalue weighted by Gasteiger charge is -2.32. The molecule has 1 fully saturated rings. The zero-order chi connectivity index (χ0) is 9.90. The Hall–Kier alpha value is -0.800. The molecule has 0 saturated carbocycles. The monoisotopic (exact) mass is 193 g/mol. The lowest BCUT2D eigenvalue weighted by atomic mass is 10.2. The van der Waals surface area contributed by atoms with Gasteiger partial charge in [-0.05, 0) is 0 Å². The van der Waals surface area contributed by atoms with E-state index >= 15 is 0 Å². The first-order valence-electron chi connectivity index (χ1n) is 3.94. The summed E-state index contributed by atoms with van der Waals surface area (Å²) in [6.45, 7) is 0.103. The van der Waals surface area contributed by atoms with E-state index in [0.29, 0.717) is 13.1 Å². The van der Waals surface area contributed by atoms with E-state index in [2.05, 4.69) is 5.32 Å². The van der Waals surface area contributed by atoms with Gasteiger partial charge in [0.05, 0.1) is 12.6 Å². The minimum absolute atomic E-state index is 0.276. The van der Waals surface area contributed by atoms with Crippen LogP contribution in [0.15, 0.2) is 0 Å². The van der Waals surface area contributed by atoms with Crippen molar-refractivity contribution in [1.82, 2.24) is 10.2 Å². The highest BCUT2D eigenvalue weighted by Gasteiger charge is 2.34. The summed E-state index contributed by atoms with van der Waals surface area (Å²) in [5.41, 5.74) is 0. The summed E-state index contributed by atoms with van der Waals surface area (Å²) < 4.78 is 35.9. The number of piperazine rings is 1. The minimum Gasteiger partial charge on any atom is -0.313 e. The predicted molar refractivity (Wildman–Crippen MR) is 39.9 cm³/mol. The van der Waals surface area contributed by atoms with E-state index in [1.165, 1.54) is 0 Å². The van der Waals surface area contributed by atoms with Crippen molar-refractivity contribution < 1.29 is 13.2 Å². The third-order valence-corrected chi connectivity index (χ3v) is 1.89. The highest BCUT2D eigenvalue weighted by molar-refractivity contribution is 4.96. The molecule has 6 heteroatoms. The van der Waals surface area contributed by atoms with Crippen LogP contribution >= 0.6 is 0 Å². The van der Waals surface area contributed by atoms with E-state index in [-0.39, 0.29) is 6.54 Å². The van der Waals surface area contributed by atoms with Gasteiger partial charge in [-0.15, -0.1) is 0 Å². The van der Waals surface area contributed by atoms with Crippen LogP contribution in [0.4, 0.5) is 13.2 Å². The molecule has 1 rings (SSSR count). The van der Waals surface area contributed by atoms with Gasteiger partial charge in [0.15, 0.2) is 0 Å². The molecular formula is C7H10F3N3. The summed E-state index contributed by atoms with van der Waals surface area (Å²) in [6, 6.07) is 1.18. The zero-order valence-corrected chi connectivity index (χ0v) is 6.93. The molecule has 0 aliphatic carbocycles. The van der Waals surface area contributed by atoms with Gasteiger partial charge in [0.2, 0.25) is 0 Å². The molecule has 1 saturated heterocycles. The Balaban J connectivity index is 2.51. The number of nitriles is 1. The summed E-state index contributed by atoms with van der Waals surface area (Å²) >= 11 is 0. The molecule has 13 heavy (non-hydrogen) atoms. The molecule has 1 atom stereocenters. The van der Waals surface area contributed by atoms with E-state index < -0.39 is 18.8 Å². The van der Waals surface area contributed by atoms with Crippen molar-refractivity contribution in [3.05, 3.63) is 0 Å². The number of nitrogens with one attached hydrogen (secondary N) is 1. The third-order valence-electron chi connectivity index (χ3n) is 1.89. The minimum atomic E-state index is -4.22. The Labute approximate surface area is 74.1 Å². The number of alkyl halides is 3. The van der Waals surface area contributed by atoms with Crippen LogP contribution in [0.1, 0.15) is 0 Å². The van der Waals surface area contributed by atoms with Crippen molar-refractivity contribution in [1.29, 1.82) is 5.26 Å². The standard InChI is InChI=1S/C7H10F3N3/c8-7(9,10)5-13-2-1-12-4-6(13)3-11/h6,12H,1-2,4-5H2. The maximum atomic E-state index is 12.0. The molecule has 0 aromatic rings. The molecule has 74 valence electrons. The number of hydrogen-bond donors (Lipinski definition) is 1. The van der Waals surface area contributed by atoms with Crippen LogP contribution in [0, 0.1) is 11.3 Å². The van der Waals surface area contributed by atoms with E-state index in [9.17, 15) is 13.2 Å². The molecule has 0 spiro atoms. The van der Waals surface area contributed by atoms with E-state index in [4.69, 9.17) is 5.26 Å². The molecule has 0 amide bonds. The van der Waals surface area contributed by atoms with Gasteiger partial charge in [-0.3, -0.25) is 4.90 Å². The maximum Gasteiger partial charge on any atom is 0.401 e. The predicted octanol–water partition coefficient (Wildman–Crippen LogP) is 0.346. The van der Waals surface area contributed by atoms with E-state index in [1.54, 1.807) is 0 Å². The molecular weight excluding hydrogens is 183 g/mol. The molecule has 0 aromatic carbocycles. The fourth-order valence-corrected chi connectivity index (χ4v) is 1.29. The van der Waals surface area contributed by atoms with Gasteiger partial charge in [-0.2, -0.15) is 18.4 Å². The van der Waals surface area contributed by atoms with Gasteiger partial charge in [-0.25, -0.2) is 0 Å². The largest absolute Gasteiger partial charge is 0.401 e. The Bertz CT molecular complexity index is 208. The topological polar surface area (TPSA) is 39.1 Å². The van der Waals surface area contributed by atoms with Gasteiger partial charge >= 0.3 is 6.18 Å². The van der Waals surface area contributed by atoms with Crippen LogP contribution in [0.2, 0.25) is 0 Å². The first-order chi connectivity index (χ1) is 6.03. The van der Waals surface area contributed by atoms with Crippen LogP contribution in [-0.4, -0.2) is 43.3 Å². The van der Waals surface area contributed by atoms with Crippen molar-refractivity contribution in [3.8, 4) is 6.07 Å². The molecule has 0 aromatic heterocycles. The average molecular weight is 193 g/mol. The Morgan fingerprint density at radius 2 is 2.23 bits per heavy atom. The highest BCUT2D eigenvalue weighted by Crippen LogP contribution is 2.18. The number of halogens is 3. The lowest BCUT2D eigenvalue weighted by Crippen LogP contribution is -2.53. The zero-order valence-electron chi connectivity index (χ0n) is 6.93. The second-order valence-corrected chi connectivity index (χ2v) is 2.93. The van der Waals surface area contributed by atoms with Crippen LogP contribution in [-0.2, 0) is 0 Å². The highest BCUT2D eigenvalue weighted by atomic mass is 19.4. The SMILES string of the molecule is N#CC1CNCCN1CC(F)(F)F. The van der Waals surface area contributed by atoms with Crippen molar-refractivity contribution in [3.63, 3.8) is 0 Å². The summed E-state index contributed by atoms with van der Waals surface area (Å²) in [5.74, 6) is 0. The normalized spacial score (nSPS) is 25.5. The van der Waals surface area contributed by atoms with Gasteiger partial charge in [0, 0.05) is 19.6 Å². The Morgan fingerprint density at radius 1 is 1.54 bits per heavy atom. The lowest BCUT2D eigenvalue weighted by molar-refractivity contribution is -0.149. The first kappa shape index (κ1) is 10.3.